The van der Waals surface area contributed by atoms with Gasteiger partial charge in [0.2, 0.25) is 0 Å². The van der Waals surface area contributed by atoms with Gasteiger partial charge in [-0.05, 0) is 24.1 Å². The molecule has 1 rings (SSSR count). The summed E-state index contributed by atoms with van der Waals surface area (Å²) in [4.78, 5) is 10.2. The number of carboxylic acid groups (broad SMARTS) is 1. The molecule has 0 radical (unpaired) electrons. The largest absolute Gasteiger partial charge is 0.480 e. The summed E-state index contributed by atoms with van der Waals surface area (Å²) >= 11 is 0. The van der Waals surface area contributed by atoms with Crippen LogP contribution in [0, 0.1) is 12.7 Å². The predicted octanol–water partition coefficient (Wildman–Crippen LogP) is 1.31. The van der Waals surface area contributed by atoms with Crippen LogP contribution < -0.4 is 5.32 Å². The first-order chi connectivity index (χ1) is 6.59. The Balaban J connectivity index is 2.51. The van der Waals surface area contributed by atoms with Crippen LogP contribution in [0.15, 0.2) is 18.2 Å². The van der Waals surface area contributed by atoms with Crippen LogP contribution in [-0.4, -0.2) is 17.6 Å². The zero-order valence-electron chi connectivity index (χ0n) is 7.88. The SMILES string of the molecule is Cc1ccc(CNCC(=O)O)cc1F. The van der Waals surface area contributed by atoms with Gasteiger partial charge in [-0.15, -0.1) is 0 Å². The van der Waals surface area contributed by atoms with Crippen LogP contribution >= 0.6 is 0 Å². The third kappa shape index (κ3) is 3.14. The quantitative estimate of drug-likeness (QED) is 0.765. The maximum atomic E-state index is 13.0. The van der Waals surface area contributed by atoms with E-state index in [-0.39, 0.29) is 12.4 Å². The van der Waals surface area contributed by atoms with Crippen molar-refractivity contribution in [2.75, 3.05) is 6.54 Å². The topological polar surface area (TPSA) is 49.3 Å². The second kappa shape index (κ2) is 4.72. The Morgan fingerprint density at radius 1 is 1.57 bits per heavy atom. The molecule has 0 unspecified atom stereocenters. The molecule has 4 heteroatoms. The number of carboxylic acids is 1. The van der Waals surface area contributed by atoms with Crippen molar-refractivity contribution in [1.82, 2.24) is 5.32 Å². The van der Waals surface area contributed by atoms with Gasteiger partial charge >= 0.3 is 5.97 Å². The average molecular weight is 197 g/mol. The van der Waals surface area contributed by atoms with Gasteiger partial charge in [0.25, 0.3) is 0 Å². The minimum absolute atomic E-state index is 0.116. The lowest BCUT2D eigenvalue weighted by Crippen LogP contribution is -2.21. The number of aliphatic carboxylic acids is 1. The predicted molar refractivity (Wildman–Crippen MR) is 50.5 cm³/mol. The van der Waals surface area contributed by atoms with Crippen molar-refractivity contribution in [3.63, 3.8) is 0 Å². The van der Waals surface area contributed by atoms with Gasteiger partial charge in [0.05, 0.1) is 6.54 Å². The summed E-state index contributed by atoms with van der Waals surface area (Å²) in [6, 6.07) is 4.85. The van der Waals surface area contributed by atoms with Gasteiger partial charge in [-0.2, -0.15) is 0 Å². The number of aryl methyl sites for hydroxylation is 1. The Morgan fingerprint density at radius 3 is 2.86 bits per heavy atom. The maximum absolute atomic E-state index is 13.0. The molecule has 14 heavy (non-hydrogen) atoms. The molecular formula is C10H12FNO2. The minimum Gasteiger partial charge on any atom is -0.480 e. The van der Waals surface area contributed by atoms with Crippen LogP contribution in [-0.2, 0) is 11.3 Å². The molecule has 0 aliphatic heterocycles. The van der Waals surface area contributed by atoms with Crippen molar-refractivity contribution in [3.05, 3.63) is 35.1 Å². The van der Waals surface area contributed by atoms with Gasteiger partial charge in [0.15, 0.2) is 0 Å². The normalized spacial score (nSPS) is 10.1. The average Bonchev–Trinajstić information content (AvgIpc) is 2.10. The second-order valence-corrected chi connectivity index (χ2v) is 3.08. The molecule has 76 valence electrons. The molecule has 2 N–H and O–H groups in total. The first kappa shape index (κ1) is 10.7. The summed E-state index contributed by atoms with van der Waals surface area (Å²) in [5.74, 6) is -1.18. The number of hydrogen-bond acceptors (Lipinski definition) is 2. The van der Waals surface area contributed by atoms with Crippen LogP contribution in [0.1, 0.15) is 11.1 Å². The van der Waals surface area contributed by atoms with Crippen molar-refractivity contribution in [3.8, 4) is 0 Å². The molecule has 0 aliphatic rings. The molecule has 0 fully saturated rings. The van der Waals surface area contributed by atoms with E-state index in [1.54, 1.807) is 19.1 Å². The molecule has 0 spiro atoms. The fourth-order valence-electron chi connectivity index (χ4n) is 1.06. The van der Waals surface area contributed by atoms with E-state index >= 15 is 0 Å². The molecule has 0 atom stereocenters. The van der Waals surface area contributed by atoms with E-state index < -0.39 is 5.97 Å². The molecule has 0 saturated heterocycles. The van der Waals surface area contributed by atoms with E-state index in [9.17, 15) is 9.18 Å². The molecule has 1 aromatic carbocycles. The van der Waals surface area contributed by atoms with E-state index in [0.29, 0.717) is 12.1 Å². The molecule has 0 amide bonds. The number of carbonyl (C=O) groups is 1. The first-order valence-corrected chi connectivity index (χ1v) is 4.27. The van der Waals surface area contributed by atoms with Crippen molar-refractivity contribution in [1.29, 1.82) is 0 Å². The summed E-state index contributed by atoms with van der Waals surface area (Å²) in [6.07, 6.45) is 0. The Kier molecular flexibility index (Phi) is 3.59. The molecule has 0 aromatic heterocycles. The van der Waals surface area contributed by atoms with E-state index in [0.717, 1.165) is 5.56 Å². The third-order valence-corrected chi connectivity index (χ3v) is 1.84. The highest BCUT2D eigenvalue weighted by Crippen LogP contribution is 2.08. The van der Waals surface area contributed by atoms with Crippen molar-refractivity contribution < 1.29 is 14.3 Å². The lowest BCUT2D eigenvalue weighted by atomic mass is 10.1. The summed E-state index contributed by atoms with van der Waals surface area (Å²) < 4.78 is 13.0. The van der Waals surface area contributed by atoms with Crippen LogP contribution in [0.2, 0.25) is 0 Å². The molecule has 0 saturated carbocycles. The van der Waals surface area contributed by atoms with Gasteiger partial charge in [0.1, 0.15) is 5.82 Å². The second-order valence-electron chi connectivity index (χ2n) is 3.08. The smallest absolute Gasteiger partial charge is 0.317 e. The Bertz CT molecular complexity index is 339. The monoisotopic (exact) mass is 197 g/mol. The fraction of sp³-hybridized carbons (Fsp3) is 0.300. The van der Waals surface area contributed by atoms with Crippen LogP contribution in [0.5, 0.6) is 0 Å². The fourth-order valence-corrected chi connectivity index (χ4v) is 1.06. The van der Waals surface area contributed by atoms with Crippen LogP contribution in [0.3, 0.4) is 0 Å². The molecule has 0 bridgehead atoms. The summed E-state index contributed by atoms with van der Waals surface area (Å²) in [6.45, 7) is 1.93. The van der Waals surface area contributed by atoms with Gasteiger partial charge in [-0.3, -0.25) is 4.79 Å². The summed E-state index contributed by atoms with van der Waals surface area (Å²) in [7, 11) is 0. The zero-order valence-corrected chi connectivity index (χ0v) is 7.88. The van der Waals surface area contributed by atoms with Gasteiger partial charge in [0, 0.05) is 6.54 Å². The highest BCUT2D eigenvalue weighted by molar-refractivity contribution is 5.68. The minimum atomic E-state index is -0.919. The van der Waals surface area contributed by atoms with E-state index in [2.05, 4.69) is 5.32 Å². The number of rotatable bonds is 4. The Hall–Kier alpha value is -1.42. The number of hydrogen-bond donors (Lipinski definition) is 2. The summed E-state index contributed by atoms with van der Waals surface area (Å²) in [5.41, 5.74) is 1.33. The molecular weight excluding hydrogens is 185 g/mol. The standard InChI is InChI=1S/C10H12FNO2/c1-7-2-3-8(4-9(7)11)5-12-6-10(13)14/h2-4,12H,5-6H2,1H3,(H,13,14). The Morgan fingerprint density at radius 2 is 2.29 bits per heavy atom. The first-order valence-electron chi connectivity index (χ1n) is 4.27. The van der Waals surface area contributed by atoms with Crippen molar-refractivity contribution in [2.45, 2.75) is 13.5 Å². The molecule has 0 aliphatic carbocycles. The van der Waals surface area contributed by atoms with E-state index in [1.807, 2.05) is 0 Å². The lowest BCUT2D eigenvalue weighted by Gasteiger charge is -2.03. The Labute approximate surface area is 81.6 Å². The van der Waals surface area contributed by atoms with E-state index in [4.69, 9.17) is 5.11 Å². The number of halogens is 1. The third-order valence-electron chi connectivity index (χ3n) is 1.84. The highest BCUT2D eigenvalue weighted by Gasteiger charge is 2.00. The van der Waals surface area contributed by atoms with E-state index in [1.165, 1.54) is 6.07 Å². The highest BCUT2D eigenvalue weighted by atomic mass is 19.1. The zero-order chi connectivity index (χ0) is 10.6. The van der Waals surface area contributed by atoms with Gasteiger partial charge in [-0.25, -0.2) is 4.39 Å². The number of nitrogens with one attached hydrogen (secondary N) is 1. The molecule has 1 aromatic rings. The maximum Gasteiger partial charge on any atom is 0.317 e. The number of benzene rings is 1. The van der Waals surface area contributed by atoms with Crippen LogP contribution in [0.25, 0.3) is 0 Å². The molecule has 0 heterocycles. The van der Waals surface area contributed by atoms with Gasteiger partial charge in [-0.1, -0.05) is 12.1 Å². The molecule has 3 nitrogen and oxygen atoms in total. The lowest BCUT2D eigenvalue weighted by molar-refractivity contribution is -0.135. The van der Waals surface area contributed by atoms with Crippen molar-refractivity contribution >= 4 is 5.97 Å². The van der Waals surface area contributed by atoms with Gasteiger partial charge < -0.3 is 10.4 Å². The van der Waals surface area contributed by atoms with Crippen LogP contribution in [0.4, 0.5) is 4.39 Å². The van der Waals surface area contributed by atoms with Crippen molar-refractivity contribution in [2.24, 2.45) is 0 Å². The summed E-state index contributed by atoms with van der Waals surface area (Å²) in [5, 5.41) is 11.0.